The molecule has 0 radical (unpaired) electrons. The van der Waals surface area contributed by atoms with Crippen molar-refractivity contribution in [1.82, 2.24) is 0 Å². The Hall–Kier alpha value is -0.610. The van der Waals surface area contributed by atoms with Crippen molar-refractivity contribution in [3.05, 3.63) is 0 Å². The van der Waals surface area contributed by atoms with Crippen LogP contribution >= 0.6 is 0 Å². The molecule has 0 aliphatic rings. The first-order valence-corrected chi connectivity index (χ1v) is 18.1. The Labute approximate surface area is 250 Å². The number of hydrogen-bond donors (Lipinski definition) is 3. The number of aliphatic hydroxyl groups is 2. The molecular formula is C36H72O4. The number of carbonyl (C=O) groups is 1. The molecule has 40 heavy (non-hydrogen) atoms. The van der Waals surface area contributed by atoms with Crippen molar-refractivity contribution in [3.8, 4) is 0 Å². The smallest absolute Gasteiger partial charge is 0.335 e. The van der Waals surface area contributed by atoms with Crippen LogP contribution in [0.2, 0.25) is 0 Å². The summed E-state index contributed by atoms with van der Waals surface area (Å²) >= 11 is 0. The van der Waals surface area contributed by atoms with E-state index >= 15 is 0 Å². The Morgan fingerprint density at radius 2 is 0.650 bits per heavy atom. The molecule has 0 saturated carbocycles. The van der Waals surface area contributed by atoms with Gasteiger partial charge in [-0.2, -0.15) is 0 Å². The van der Waals surface area contributed by atoms with E-state index in [0.717, 1.165) is 38.5 Å². The third kappa shape index (κ3) is 27.6. The first-order chi connectivity index (χ1) is 19.6. The van der Waals surface area contributed by atoms with Crippen LogP contribution in [0.4, 0.5) is 0 Å². The molecule has 0 aromatic rings. The first-order valence-electron chi connectivity index (χ1n) is 18.1. The van der Waals surface area contributed by atoms with Crippen molar-refractivity contribution < 1.29 is 20.1 Å². The summed E-state index contributed by atoms with van der Waals surface area (Å²) in [6, 6.07) is 0. The molecule has 240 valence electrons. The van der Waals surface area contributed by atoms with E-state index in [0.29, 0.717) is 19.4 Å². The molecule has 0 amide bonds. The number of aliphatic hydroxyl groups excluding tert-OH is 1. The first kappa shape index (κ1) is 39.4. The molecule has 0 aromatic heterocycles. The van der Waals surface area contributed by atoms with Gasteiger partial charge in [0.1, 0.15) is 0 Å². The van der Waals surface area contributed by atoms with Crippen LogP contribution in [0.1, 0.15) is 212 Å². The summed E-state index contributed by atoms with van der Waals surface area (Å²) in [5.41, 5.74) is -1.52. The fourth-order valence-electron chi connectivity index (χ4n) is 5.95. The second-order valence-electron chi connectivity index (χ2n) is 12.8. The number of aliphatic carboxylic acids is 1. The van der Waals surface area contributed by atoms with Crippen molar-refractivity contribution >= 4 is 5.97 Å². The maximum absolute atomic E-state index is 11.7. The van der Waals surface area contributed by atoms with Crippen molar-refractivity contribution in [2.75, 3.05) is 6.61 Å². The molecule has 0 fully saturated rings. The van der Waals surface area contributed by atoms with Crippen LogP contribution in [0, 0.1) is 0 Å². The Bertz CT molecular complexity index is 509. The molecule has 4 nitrogen and oxygen atoms in total. The molecular weight excluding hydrogens is 496 g/mol. The van der Waals surface area contributed by atoms with E-state index in [-0.39, 0.29) is 0 Å². The van der Waals surface area contributed by atoms with Gasteiger partial charge in [-0.3, -0.25) is 0 Å². The lowest BCUT2D eigenvalue weighted by molar-refractivity contribution is -0.160. The predicted molar refractivity (Wildman–Crippen MR) is 173 cm³/mol. The lowest BCUT2D eigenvalue weighted by Crippen LogP contribution is -2.38. The van der Waals surface area contributed by atoms with Gasteiger partial charge in [-0.05, 0) is 32.1 Å². The monoisotopic (exact) mass is 569 g/mol. The van der Waals surface area contributed by atoms with E-state index in [9.17, 15) is 15.0 Å². The van der Waals surface area contributed by atoms with Gasteiger partial charge in [0.2, 0.25) is 0 Å². The minimum atomic E-state index is -1.52. The molecule has 3 N–H and O–H groups in total. The maximum Gasteiger partial charge on any atom is 0.335 e. The van der Waals surface area contributed by atoms with Gasteiger partial charge in [0.15, 0.2) is 5.60 Å². The van der Waals surface area contributed by atoms with Crippen molar-refractivity contribution in [2.24, 2.45) is 0 Å². The third-order valence-corrected chi connectivity index (χ3v) is 8.84. The van der Waals surface area contributed by atoms with E-state index in [2.05, 4.69) is 6.92 Å². The molecule has 0 aromatic carbocycles. The van der Waals surface area contributed by atoms with Gasteiger partial charge in [-0.1, -0.05) is 180 Å². The summed E-state index contributed by atoms with van der Waals surface area (Å²) in [4.78, 5) is 11.7. The van der Waals surface area contributed by atoms with E-state index < -0.39 is 11.6 Å². The summed E-state index contributed by atoms with van der Waals surface area (Å²) in [6.07, 6.45) is 38.5. The van der Waals surface area contributed by atoms with Crippen LogP contribution in [0.5, 0.6) is 0 Å². The quantitative estimate of drug-likeness (QED) is 0.0674. The van der Waals surface area contributed by atoms with Gasteiger partial charge < -0.3 is 15.3 Å². The van der Waals surface area contributed by atoms with E-state index in [1.54, 1.807) is 0 Å². The number of rotatable bonds is 34. The van der Waals surface area contributed by atoms with Crippen molar-refractivity contribution in [1.29, 1.82) is 0 Å². The second-order valence-corrected chi connectivity index (χ2v) is 12.8. The zero-order valence-corrected chi connectivity index (χ0v) is 27.1. The Balaban J connectivity index is 3.51. The van der Waals surface area contributed by atoms with Gasteiger partial charge >= 0.3 is 5.97 Å². The fraction of sp³-hybridized carbons (Fsp3) is 0.972. The van der Waals surface area contributed by atoms with Gasteiger partial charge in [0.05, 0.1) is 0 Å². The van der Waals surface area contributed by atoms with Crippen LogP contribution in [0.25, 0.3) is 0 Å². The highest BCUT2D eigenvalue weighted by Gasteiger charge is 2.34. The van der Waals surface area contributed by atoms with Gasteiger partial charge in [-0.25, -0.2) is 4.79 Å². The summed E-state index contributed by atoms with van der Waals surface area (Å²) in [5, 5.41) is 29.1. The van der Waals surface area contributed by atoms with Crippen LogP contribution in [-0.4, -0.2) is 33.5 Å². The normalized spacial score (nSPS) is 13.1. The highest BCUT2D eigenvalue weighted by molar-refractivity contribution is 5.76. The maximum atomic E-state index is 11.7. The Morgan fingerprint density at radius 1 is 0.425 bits per heavy atom. The lowest BCUT2D eigenvalue weighted by Gasteiger charge is -2.23. The largest absolute Gasteiger partial charge is 0.479 e. The summed E-state index contributed by atoms with van der Waals surface area (Å²) in [6.45, 7) is 2.61. The van der Waals surface area contributed by atoms with Crippen LogP contribution < -0.4 is 0 Å². The SMILES string of the molecule is CCCCCCCCCCCCCCCCC(O)(CCCCCCCCCCCCCCCCCCO)C(=O)O. The molecule has 0 spiro atoms. The highest BCUT2D eigenvalue weighted by atomic mass is 16.4. The number of unbranched alkanes of at least 4 members (excludes halogenated alkanes) is 28. The number of carboxylic acid groups (broad SMARTS) is 1. The second kappa shape index (κ2) is 31.3. The number of carboxylic acids is 1. The predicted octanol–water partition coefficient (Wildman–Crippen LogP) is 11.3. The van der Waals surface area contributed by atoms with Gasteiger partial charge in [-0.15, -0.1) is 0 Å². The van der Waals surface area contributed by atoms with E-state index in [1.807, 2.05) is 0 Å². The minimum absolute atomic E-state index is 0.341. The average Bonchev–Trinajstić information content (AvgIpc) is 2.94. The van der Waals surface area contributed by atoms with Gasteiger partial charge in [0.25, 0.3) is 0 Å². The van der Waals surface area contributed by atoms with Crippen LogP contribution in [-0.2, 0) is 4.79 Å². The topological polar surface area (TPSA) is 77.8 Å². The molecule has 0 bridgehead atoms. The summed E-state index contributed by atoms with van der Waals surface area (Å²) < 4.78 is 0. The molecule has 0 heterocycles. The van der Waals surface area contributed by atoms with E-state index in [1.165, 1.54) is 154 Å². The summed E-state index contributed by atoms with van der Waals surface area (Å²) in [7, 11) is 0. The molecule has 1 unspecified atom stereocenters. The van der Waals surface area contributed by atoms with Crippen LogP contribution in [0.3, 0.4) is 0 Å². The number of hydrogen-bond acceptors (Lipinski definition) is 3. The zero-order chi connectivity index (χ0) is 29.4. The highest BCUT2D eigenvalue weighted by Crippen LogP contribution is 2.24. The zero-order valence-electron chi connectivity index (χ0n) is 27.1. The summed E-state index contributed by atoms with van der Waals surface area (Å²) in [5.74, 6) is -1.02. The average molecular weight is 569 g/mol. The van der Waals surface area contributed by atoms with E-state index in [4.69, 9.17) is 5.11 Å². The molecule has 0 rings (SSSR count). The van der Waals surface area contributed by atoms with Crippen molar-refractivity contribution in [2.45, 2.75) is 218 Å². The third-order valence-electron chi connectivity index (χ3n) is 8.84. The molecule has 0 aliphatic carbocycles. The molecule has 0 saturated heterocycles. The lowest BCUT2D eigenvalue weighted by atomic mass is 9.89. The molecule has 4 heteroatoms. The molecule has 0 aliphatic heterocycles. The standard InChI is InChI=1S/C36H72O4/c1-2-3-4-5-6-7-8-9-14-17-20-23-26-29-32-36(40,35(38)39)33-30-27-24-21-18-15-12-10-11-13-16-19-22-25-28-31-34-37/h37,40H,2-34H2,1H3,(H,38,39). The van der Waals surface area contributed by atoms with Gasteiger partial charge in [0, 0.05) is 6.61 Å². The van der Waals surface area contributed by atoms with Crippen LogP contribution in [0.15, 0.2) is 0 Å². The Kier molecular flexibility index (Phi) is 30.9. The van der Waals surface area contributed by atoms with Crippen molar-refractivity contribution in [3.63, 3.8) is 0 Å². The molecule has 1 atom stereocenters. The fourth-order valence-corrected chi connectivity index (χ4v) is 5.95. The minimum Gasteiger partial charge on any atom is -0.479 e. The Morgan fingerprint density at radius 3 is 0.875 bits per heavy atom.